The molecule has 4 nitrogen and oxygen atoms in total. The number of hydrogen-bond acceptors (Lipinski definition) is 4. The monoisotopic (exact) mass is 440 g/mol. The molecule has 1 fully saturated rings. The molecule has 0 amide bonds. The van der Waals surface area contributed by atoms with Gasteiger partial charge in [0.2, 0.25) is 0 Å². The van der Waals surface area contributed by atoms with Gasteiger partial charge in [0.1, 0.15) is 0 Å². The maximum absolute atomic E-state index is 12.9. The summed E-state index contributed by atoms with van der Waals surface area (Å²) in [7, 11) is 0. The summed E-state index contributed by atoms with van der Waals surface area (Å²) in [6, 6.07) is 23.8. The van der Waals surface area contributed by atoms with Crippen molar-refractivity contribution >= 4 is 11.6 Å². The van der Waals surface area contributed by atoms with Crippen LogP contribution in [0.15, 0.2) is 72.8 Å². The number of Topliss-reactive ketones (excluding diaryl/α,β-unsaturated/α-hetero) is 2. The van der Waals surface area contributed by atoms with E-state index in [1.165, 1.54) is 5.56 Å². The smallest absolute Gasteiger partial charge is 0.184 e. The quantitative estimate of drug-likeness (QED) is 0.529. The zero-order chi connectivity index (χ0) is 23.0. The predicted molar refractivity (Wildman–Crippen MR) is 127 cm³/mol. The minimum absolute atomic E-state index is 0.201. The maximum Gasteiger partial charge on any atom is 0.184 e. The first-order valence-electron chi connectivity index (χ1n) is 11.6. The Labute approximate surface area is 194 Å². The van der Waals surface area contributed by atoms with E-state index in [0.717, 1.165) is 40.7 Å². The molecule has 3 aromatic carbocycles. The third kappa shape index (κ3) is 3.94. The van der Waals surface area contributed by atoms with Gasteiger partial charge < -0.3 is 9.47 Å². The molecule has 0 spiro atoms. The van der Waals surface area contributed by atoms with Crippen LogP contribution in [0.5, 0.6) is 0 Å². The standard InChI is InChI=1S/C19H18O3.C10H10O/c1-19(12-14-5-2-3-8-16(14)17(19)20)15-7-4-6-13(11-15)18-21-9-10-22-18;1-7-6-8-4-2-3-5-9(8)10(7)11/h2-8,11,18H,9-10,12H2,1H3;2-5,7H,6H2,1H3. The van der Waals surface area contributed by atoms with Gasteiger partial charge in [-0.05, 0) is 42.5 Å². The number of carbonyl (C=O) groups excluding carboxylic acids is 2. The fraction of sp³-hybridized carbons (Fsp3) is 0.310. The first-order valence-corrected chi connectivity index (χ1v) is 11.6. The van der Waals surface area contributed by atoms with Crippen molar-refractivity contribution in [2.24, 2.45) is 5.92 Å². The number of benzene rings is 3. The maximum atomic E-state index is 12.9. The number of rotatable bonds is 2. The van der Waals surface area contributed by atoms with E-state index in [4.69, 9.17) is 9.47 Å². The van der Waals surface area contributed by atoms with Crippen LogP contribution in [-0.2, 0) is 27.7 Å². The number of carbonyl (C=O) groups is 2. The molecule has 1 heterocycles. The van der Waals surface area contributed by atoms with Crippen molar-refractivity contribution in [3.63, 3.8) is 0 Å². The van der Waals surface area contributed by atoms with Crippen LogP contribution in [-0.4, -0.2) is 24.8 Å². The lowest BCUT2D eigenvalue weighted by Crippen LogP contribution is -2.29. The Morgan fingerprint density at radius 2 is 1.48 bits per heavy atom. The Morgan fingerprint density at radius 1 is 0.818 bits per heavy atom. The van der Waals surface area contributed by atoms with E-state index in [-0.39, 0.29) is 18.0 Å². The van der Waals surface area contributed by atoms with Crippen LogP contribution >= 0.6 is 0 Å². The first kappa shape index (κ1) is 21.7. The average Bonchev–Trinajstić information content (AvgIpc) is 3.54. The molecular weight excluding hydrogens is 412 g/mol. The Morgan fingerprint density at radius 3 is 2.18 bits per heavy atom. The van der Waals surface area contributed by atoms with E-state index in [1.54, 1.807) is 0 Å². The molecule has 0 aromatic heterocycles. The molecule has 0 saturated carbocycles. The third-order valence-corrected chi connectivity index (χ3v) is 6.98. The normalized spacial score (nSPS) is 23.8. The summed E-state index contributed by atoms with van der Waals surface area (Å²) >= 11 is 0. The summed E-state index contributed by atoms with van der Waals surface area (Å²) in [5.41, 5.74) is 5.64. The molecule has 2 atom stereocenters. The van der Waals surface area contributed by atoms with Crippen LogP contribution in [0.25, 0.3) is 0 Å². The first-order chi connectivity index (χ1) is 16.0. The summed E-state index contributed by atoms with van der Waals surface area (Å²) in [6.07, 6.45) is 1.37. The minimum Gasteiger partial charge on any atom is -0.346 e. The van der Waals surface area contributed by atoms with E-state index in [2.05, 4.69) is 6.07 Å². The number of ether oxygens (including phenoxy) is 2. The predicted octanol–water partition coefficient (Wildman–Crippen LogP) is 5.49. The van der Waals surface area contributed by atoms with Gasteiger partial charge in [-0.25, -0.2) is 0 Å². The largest absolute Gasteiger partial charge is 0.346 e. The van der Waals surface area contributed by atoms with Crippen LogP contribution in [0.3, 0.4) is 0 Å². The van der Waals surface area contributed by atoms with E-state index in [1.807, 2.05) is 80.6 Å². The van der Waals surface area contributed by atoms with E-state index >= 15 is 0 Å². The highest BCUT2D eigenvalue weighted by Gasteiger charge is 2.42. The van der Waals surface area contributed by atoms with Crippen molar-refractivity contribution in [1.29, 1.82) is 0 Å². The molecule has 3 aromatic rings. The summed E-state index contributed by atoms with van der Waals surface area (Å²) in [5.74, 6) is 0.710. The lowest BCUT2D eigenvalue weighted by Gasteiger charge is -2.24. The topological polar surface area (TPSA) is 52.6 Å². The molecule has 3 aliphatic rings. The van der Waals surface area contributed by atoms with Gasteiger partial charge in [-0.15, -0.1) is 0 Å². The second kappa shape index (κ2) is 8.69. The molecule has 33 heavy (non-hydrogen) atoms. The zero-order valence-corrected chi connectivity index (χ0v) is 19.0. The van der Waals surface area contributed by atoms with Crippen LogP contribution in [0.4, 0.5) is 0 Å². The van der Waals surface area contributed by atoms with Gasteiger partial charge >= 0.3 is 0 Å². The molecule has 4 heteroatoms. The van der Waals surface area contributed by atoms with Gasteiger partial charge in [-0.2, -0.15) is 0 Å². The van der Waals surface area contributed by atoms with E-state index in [9.17, 15) is 9.59 Å². The van der Waals surface area contributed by atoms with Gasteiger partial charge in [-0.3, -0.25) is 9.59 Å². The SMILES string of the molecule is CC1(c2cccc(C3OCCO3)c2)Cc2ccccc2C1=O.CC1Cc2ccccc2C1=O. The number of fused-ring (bicyclic) bond motifs is 2. The van der Waals surface area contributed by atoms with Gasteiger partial charge in [0.15, 0.2) is 17.9 Å². The van der Waals surface area contributed by atoms with Crippen molar-refractivity contribution in [3.8, 4) is 0 Å². The van der Waals surface area contributed by atoms with Gasteiger partial charge in [0.05, 0.1) is 18.6 Å². The molecule has 1 saturated heterocycles. The summed E-state index contributed by atoms with van der Waals surface area (Å²) < 4.78 is 11.1. The fourth-order valence-corrected chi connectivity index (χ4v) is 5.09. The van der Waals surface area contributed by atoms with Crippen molar-refractivity contribution in [3.05, 3.63) is 106 Å². The Kier molecular flexibility index (Phi) is 5.73. The molecule has 168 valence electrons. The molecule has 2 unspecified atom stereocenters. The molecular formula is C29H28O4. The summed E-state index contributed by atoms with van der Waals surface area (Å²) in [4.78, 5) is 24.3. The third-order valence-electron chi connectivity index (χ3n) is 6.98. The van der Waals surface area contributed by atoms with Crippen molar-refractivity contribution in [2.75, 3.05) is 13.2 Å². The van der Waals surface area contributed by atoms with Gasteiger partial charge in [-0.1, -0.05) is 73.7 Å². The molecule has 0 N–H and O–H groups in total. The van der Waals surface area contributed by atoms with E-state index < -0.39 is 5.41 Å². The Bertz CT molecular complexity index is 1210. The van der Waals surface area contributed by atoms with Crippen molar-refractivity contribution < 1.29 is 19.1 Å². The van der Waals surface area contributed by atoms with Crippen LogP contribution in [0, 0.1) is 5.92 Å². The second-order valence-corrected chi connectivity index (χ2v) is 9.32. The summed E-state index contributed by atoms with van der Waals surface area (Å²) in [6.45, 7) is 5.26. The molecule has 6 rings (SSSR count). The minimum atomic E-state index is -0.502. The van der Waals surface area contributed by atoms with Crippen LogP contribution in [0.1, 0.15) is 63.1 Å². The van der Waals surface area contributed by atoms with Gasteiger partial charge in [0.25, 0.3) is 0 Å². The number of ketones is 2. The summed E-state index contributed by atoms with van der Waals surface area (Å²) in [5, 5.41) is 0. The Balaban J connectivity index is 0.000000174. The molecule has 0 radical (unpaired) electrons. The molecule has 2 aliphatic carbocycles. The van der Waals surface area contributed by atoms with Crippen LogP contribution in [0.2, 0.25) is 0 Å². The van der Waals surface area contributed by atoms with Crippen LogP contribution < -0.4 is 0 Å². The lowest BCUT2D eigenvalue weighted by molar-refractivity contribution is -0.0442. The highest BCUT2D eigenvalue weighted by molar-refractivity contribution is 6.08. The Hall–Kier alpha value is -3.08. The molecule has 1 aliphatic heterocycles. The van der Waals surface area contributed by atoms with Crippen molar-refractivity contribution in [2.45, 2.75) is 38.4 Å². The lowest BCUT2D eigenvalue weighted by atomic mass is 9.78. The number of hydrogen-bond donors (Lipinski definition) is 0. The zero-order valence-electron chi connectivity index (χ0n) is 19.0. The second-order valence-electron chi connectivity index (χ2n) is 9.32. The highest BCUT2D eigenvalue weighted by atomic mass is 16.7. The van der Waals surface area contributed by atoms with Crippen molar-refractivity contribution in [1.82, 2.24) is 0 Å². The average molecular weight is 441 g/mol. The fourth-order valence-electron chi connectivity index (χ4n) is 5.09. The van der Waals surface area contributed by atoms with E-state index in [0.29, 0.717) is 19.0 Å². The molecule has 0 bridgehead atoms. The highest BCUT2D eigenvalue weighted by Crippen LogP contribution is 2.40. The van der Waals surface area contributed by atoms with Gasteiger partial charge in [0, 0.05) is 22.6 Å².